The molecule has 0 bridgehead atoms. The van der Waals surface area contributed by atoms with Crippen molar-refractivity contribution in [3.63, 3.8) is 0 Å². The van der Waals surface area contributed by atoms with Crippen molar-refractivity contribution in [3.05, 3.63) is 81.8 Å². The normalized spacial score (nSPS) is 12.3. The summed E-state index contributed by atoms with van der Waals surface area (Å²) in [5.74, 6) is 0.923. The minimum Gasteiger partial charge on any atom is -0.493 e. The fourth-order valence-corrected chi connectivity index (χ4v) is 5.29. The van der Waals surface area contributed by atoms with Gasteiger partial charge in [0.25, 0.3) is 10.0 Å². The molecule has 3 rings (SSSR count). The largest absolute Gasteiger partial charge is 0.493 e. The van der Waals surface area contributed by atoms with Gasteiger partial charge in [-0.05, 0) is 61.4 Å². The lowest BCUT2D eigenvalue weighted by atomic mass is 10.1. The number of halogens is 2. The van der Waals surface area contributed by atoms with E-state index in [4.69, 9.17) is 32.7 Å². The molecule has 0 aromatic heterocycles. The lowest BCUT2D eigenvalue weighted by Crippen LogP contribution is -2.33. The predicted molar refractivity (Wildman–Crippen MR) is 125 cm³/mol. The number of hydrogen-bond donors (Lipinski definition) is 0. The predicted octanol–water partition coefficient (Wildman–Crippen LogP) is 6.28. The Bertz CT molecular complexity index is 1180. The molecule has 0 aliphatic heterocycles. The van der Waals surface area contributed by atoms with Crippen LogP contribution in [0, 0.1) is 6.92 Å². The molecule has 0 amide bonds. The monoisotopic (exact) mass is 479 g/mol. The van der Waals surface area contributed by atoms with Gasteiger partial charge in [-0.2, -0.15) is 0 Å². The molecule has 3 aromatic rings. The van der Waals surface area contributed by atoms with Crippen molar-refractivity contribution >= 4 is 38.9 Å². The first kappa shape index (κ1) is 23.3. The van der Waals surface area contributed by atoms with Crippen LogP contribution in [0.4, 0.5) is 5.69 Å². The summed E-state index contributed by atoms with van der Waals surface area (Å²) in [6.07, 6.45) is 0. The molecule has 0 fully saturated rings. The van der Waals surface area contributed by atoms with Crippen LogP contribution < -0.4 is 13.8 Å². The van der Waals surface area contributed by atoms with Gasteiger partial charge in [-0.15, -0.1) is 0 Å². The maximum absolute atomic E-state index is 13.8. The molecule has 164 valence electrons. The summed E-state index contributed by atoms with van der Waals surface area (Å²) in [7, 11) is -0.949. The molecule has 1 unspecified atom stereocenters. The highest BCUT2D eigenvalue weighted by atomic mass is 35.5. The number of ether oxygens (including phenoxy) is 2. The minimum absolute atomic E-state index is 0.0960. The van der Waals surface area contributed by atoms with Crippen molar-refractivity contribution in [2.45, 2.75) is 24.8 Å². The molecule has 1 atom stereocenters. The topological polar surface area (TPSA) is 55.8 Å². The van der Waals surface area contributed by atoms with Crippen LogP contribution >= 0.6 is 23.2 Å². The maximum atomic E-state index is 13.8. The fourth-order valence-electron chi connectivity index (χ4n) is 3.26. The Balaban J connectivity index is 2.20. The van der Waals surface area contributed by atoms with Crippen LogP contribution in [0.25, 0.3) is 0 Å². The van der Waals surface area contributed by atoms with Crippen molar-refractivity contribution in [2.24, 2.45) is 0 Å². The zero-order valence-electron chi connectivity index (χ0n) is 17.6. The van der Waals surface area contributed by atoms with E-state index in [1.54, 1.807) is 54.6 Å². The third-order valence-electron chi connectivity index (χ3n) is 5.03. The first-order valence-corrected chi connectivity index (χ1v) is 11.7. The minimum atomic E-state index is -3.98. The second kappa shape index (κ2) is 9.39. The average Bonchev–Trinajstić information content (AvgIpc) is 2.75. The van der Waals surface area contributed by atoms with E-state index in [1.165, 1.54) is 24.6 Å². The van der Waals surface area contributed by atoms with Gasteiger partial charge in [0.05, 0.1) is 30.8 Å². The van der Waals surface area contributed by atoms with Gasteiger partial charge in [-0.1, -0.05) is 41.4 Å². The van der Waals surface area contributed by atoms with E-state index in [0.29, 0.717) is 27.2 Å². The van der Waals surface area contributed by atoms with Crippen LogP contribution in [0.3, 0.4) is 0 Å². The van der Waals surface area contributed by atoms with Gasteiger partial charge in [-0.3, -0.25) is 4.31 Å². The summed E-state index contributed by atoms with van der Waals surface area (Å²) >= 11 is 12.3. The number of benzene rings is 3. The van der Waals surface area contributed by atoms with Crippen molar-refractivity contribution < 1.29 is 17.9 Å². The van der Waals surface area contributed by atoms with Gasteiger partial charge in [0.1, 0.15) is 0 Å². The molecular formula is C23H23Cl2NO4S. The van der Waals surface area contributed by atoms with E-state index < -0.39 is 16.1 Å². The summed E-state index contributed by atoms with van der Waals surface area (Å²) in [4.78, 5) is 0.0960. The number of sulfonamides is 1. The quantitative estimate of drug-likeness (QED) is 0.400. The van der Waals surface area contributed by atoms with E-state index in [0.717, 1.165) is 11.1 Å². The number of hydrogen-bond acceptors (Lipinski definition) is 4. The average molecular weight is 480 g/mol. The molecule has 3 aromatic carbocycles. The van der Waals surface area contributed by atoms with E-state index in [-0.39, 0.29) is 4.90 Å². The Kier molecular flexibility index (Phi) is 7.04. The lowest BCUT2D eigenvalue weighted by Gasteiger charge is -2.31. The fraction of sp³-hybridized carbons (Fsp3) is 0.217. The van der Waals surface area contributed by atoms with Crippen LogP contribution in [0.5, 0.6) is 11.5 Å². The van der Waals surface area contributed by atoms with Crippen LogP contribution in [-0.2, 0) is 10.0 Å². The molecule has 8 heteroatoms. The molecule has 0 saturated carbocycles. The Labute approximate surface area is 193 Å². The van der Waals surface area contributed by atoms with E-state index in [9.17, 15) is 8.42 Å². The maximum Gasteiger partial charge on any atom is 0.264 e. The molecule has 0 heterocycles. The molecule has 0 aliphatic carbocycles. The Morgan fingerprint density at radius 2 is 1.52 bits per heavy atom. The van der Waals surface area contributed by atoms with E-state index in [2.05, 4.69) is 0 Å². The Morgan fingerprint density at radius 1 is 0.871 bits per heavy atom. The molecule has 0 radical (unpaired) electrons. The van der Waals surface area contributed by atoms with Crippen LogP contribution in [0.2, 0.25) is 10.0 Å². The highest BCUT2D eigenvalue weighted by Crippen LogP contribution is 2.39. The summed E-state index contributed by atoms with van der Waals surface area (Å²) in [5.41, 5.74) is 2.00. The van der Waals surface area contributed by atoms with Gasteiger partial charge in [0.15, 0.2) is 11.5 Å². The zero-order valence-corrected chi connectivity index (χ0v) is 19.9. The number of methoxy groups -OCH3 is 2. The number of rotatable bonds is 7. The molecule has 31 heavy (non-hydrogen) atoms. The van der Waals surface area contributed by atoms with Gasteiger partial charge in [-0.25, -0.2) is 8.42 Å². The summed E-state index contributed by atoms with van der Waals surface area (Å²) in [6, 6.07) is 16.2. The summed E-state index contributed by atoms with van der Waals surface area (Å²) in [5, 5.41) is 0.953. The second-order valence-electron chi connectivity index (χ2n) is 6.98. The van der Waals surface area contributed by atoms with Crippen LogP contribution in [0.15, 0.2) is 65.6 Å². The highest BCUT2D eigenvalue weighted by molar-refractivity contribution is 7.92. The number of anilines is 1. The van der Waals surface area contributed by atoms with Gasteiger partial charge in [0, 0.05) is 16.1 Å². The number of aryl methyl sites for hydroxylation is 1. The van der Waals surface area contributed by atoms with Gasteiger partial charge in [0.2, 0.25) is 0 Å². The first-order chi connectivity index (χ1) is 14.7. The smallest absolute Gasteiger partial charge is 0.264 e. The SMILES string of the molecule is COc1ccc(N(C(C)c2ccc(Cl)cc2)S(=O)(=O)c2ccc(C)c(Cl)c2)cc1OC. The molecule has 0 N–H and O–H groups in total. The van der Waals surface area contributed by atoms with E-state index in [1.807, 2.05) is 13.8 Å². The van der Waals surface area contributed by atoms with Gasteiger partial charge >= 0.3 is 0 Å². The molecule has 0 aliphatic rings. The standard InChI is InChI=1S/C23H23Cl2NO4S/c1-15-5-11-20(14-21(15)25)31(27,28)26(16(2)17-6-8-18(24)9-7-17)19-10-12-22(29-3)23(13-19)30-4/h5-14,16H,1-4H3. The molecule has 0 saturated heterocycles. The highest BCUT2D eigenvalue weighted by Gasteiger charge is 2.31. The van der Waals surface area contributed by atoms with Crippen LogP contribution in [0.1, 0.15) is 24.1 Å². The second-order valence-corrected chi connectivity index (χ2v) is 9.64. The van der Waals surface area contributed by atoms with Crippen molar-refractivity contribution in [1.82, 2.24) is 0 Å². The molecule has 5 nitrogen and oxygen atoms in total. The molecule has 0 spiro atoms. The third-order valence-corrected chi connectivity index (χ3v) is 7.58. The van der Waals surface area contributed by atoms with Crippen molar-refractivity contribution in [3.8, 4) is 11.5 Å². The van der Waals surface area contributed by atoms with Gasteiger partial charge < -0.3 is 9.47 Å². The van der Waals surface area contributed by atoms with Crippen molar-refractivity contribution in [2.75, 3.05) is 18.5 Å². The summed E-state index contributed by atoms with van der Waals surface area (Å²) < 4.78 is 39.6. The van der Waals surface area contributed by atoms with Crippen LogP contribution in [-0.4, -0.2) is 22.6 Å². The Morgan fingerprint density at radius 3 is 2.10 bits per heavy atom. The third kappa shape index (κ3) is 4.76. The summed E-state index contributed by atoms with van der Waals surface area (Å²) in [6.45, 7) is 3.63. The molecular weight excluding hydrogens is 457 g/mol. The lowest BCUT2D eigenvalue weighted by molar-refractivity contribution is 0.355. The van der Waals surface area contributed by atoms with Crippen molar-refractivity contribution in [1.29, 1.82) is 0 Å². The van der Waals surface area contributed by atoms with E-state index >= 15 is 0 Å². The number of nitrogens with zero attached hydrogens (tertiary/aromatic N) is 1. The first-order valence-electron chi connectivity index (χ1n) is 9.47. The zero-order chi connectivity index (χ0) is 22.8. The Hall–Kier alpha value is -2.41.